The summed E-state index contributed by atoms with van der Waals surface area (Å²) in [6.45, 7) is 2.28. The largest absolute Gasteiger partial charge is 0.0726 e. The molecule has 0 aliphatic heterocycles. The van der Waals surface area contributed by atoms with Crippen LogP contribution >= 0.6 is 0 Å². The molecular formula is C23H22. The molecule has 2 aromatic rings. The molecule has 0 saturated heterocycles. The smallest absolute Gasteiger partial charge is 0.00577 e. The van der Waals surface area contributed by atoms with E-state index in [-0.39, 0.29) is 0 Å². The Hall–Kier alpha value is -2.34. The van der Waals surface area contributed by atoms with E-state index in [0.29, 0.717) is 5.92 Å². The van der Waals surface area contributed by atoms with Gasteiger partial charge in [-0.05, 0) is 48.4 Å². The van der Waals surface area contributed by atoms with Crippen LogP contribution in [0.3, 0.4) is 0 Å². The zero-order valence-corrected chi connectivity index (χ0v) is 13.6. The highest BCUT2D eigenvalue weighted by atomic mass is 14.3. The summed E-state index contributed by atoms with van der Waals surface area (Å²) in [5, 5.41) is 0. The second kappa shape index (κ2) is 6.04. The standard InChI is InChI=1S/C23H22/c1-17-15-21-9-5-6-10-23(21)22(17)14-12-18-11-13-20(16-18)19-7-3-2-4-8-19/h2-10,13,15-16,22H,11-12,14H2,1H3. The first-order valence-corrected chi connectivity index (χ1v) is 8.53. The maximum absolute atomic E-state index is 2.40. The van der Waals surface area contributed by atoms with Crippen molar-refractivity contribution in [2.45, 2.75) is 32.1 Å². The van der Waals surface area contributed by atoms with Gasteiger partial charge in [0.1, 0.15) is 0 Å². The summed E-state index contributed by atoms with van der Waals surface area (Å²) in [5.74, 6) is 0.605. The summed E-state index contributed by atoms with van der Waals surface area (Å²) >= 11 is 0. The second-order valence-electron chi connectivity index (χ2n) is 6.64. The van der Waals surface area contributed by atoms with Crippen molar-refractivity contribution in [3.8, 4) is 0 Å². The highest BCUT2D eigenvalue weighted by Crippen LogP contribution is 2.40. The third-order valence-corrected chi connectivity index (χ3v) is 5.11. The van der Waals surface area contributed by atoms with E-state index >= 15 is 0 Å². The predicted molar refractivity (Wildman–Crippen MR) is 99.2 cm³/mol. The Labute approximate surface area is 138 Å². The van der Waals surface area contributed by atoms with Crippen LogP contribution in [0.25, 0.3) is 11.6 Å². The Morgan fingerprint density at radius 2 is 1.70 bits per heavy atom. The average molecular weight is 298 g/mol. The van der Waals surface area contributed by atoms with Crippen LogP contribution in [0, 0.1) is 0 Å². The molecular weight excluding hydrogens is 276 g/mol. The minimum atomic E-state index is 0.605. The van der Waals surface area contributed by atoms with Crippen LogP contribution < -0.4 is 0 Å². The fourth-order valence-electron chi connectivity index (χ4n) is 3.85. The van der Waals surface area contributed by atoms with Gasteiger partial charge in [-0.15, -0.1) is 0 Å². The molecule has 114 valence electrons. The van der Waals surface area contributed by atoms with E-state index in [1.807, 2.05) is 0 Å². The van der Waals surface area contributed by atoms with Crippen LogP contribution in [0.15, 0.2) is 77.9 Å². The fraction of sp³-hybridized carbons (Fsp3) is 0.217. The molecule has 0 N–H and O–H groups in total. The third kappa shape index (κ3) is 2.82. The minimum absolute atomic E-state index is 0.605. The lowest BCUT2D eigenvalue weighted by Gasteiger charge is -2.14. The van der Waals surface area contributed by atoms with Crippen molar-refractivity contribution < 1.29 is 0 Å². The fourth-order valence-corrected chi connectivity index (χ4v) is 3.85. The lowest BCUT2D eigenvalue weighted by Crippen LogP contribution is -1.97. The van der Waals surface area contributed by atoms with Crippen LogP contribution in [0.4, 0.5) is 0 Å². The topological polar surface area (TPSA) is 0 Å². The monoisotopic (exact) mass is 298 g/mol. The molecule has 2 aliphatic carbocycles. The first-order chi connectivity index (χ1) is 11.3. The second-order valence-corrected chi connectivity index (χ2v) is 6.64. The van der Waals surface area contributed by atoms with E-state index in [2.05, 4.69) is 79.7 Å². The van der Waals surface area contributed by atoms with E-state index < -0.39 is 0 Å². The van der Waals surface area contributed by atoms with Gasteiger partial charge in [0.25, 0.3) is 0 Å². The molecule has 1 unspecified atom stereocenters. The van der Waals surface area contributed by atoms with E-state index in [9.17, 15) is 0 Å². The van der Waals surface area contributed by atoms with Gasteiger partial charge in [0.15, 0.2) is 0 Å². The van der Waals surface area contributed by atoms with Crippen LogP contribution in [0.2, 0.25) is 0 Å². The molecule has 0 saturated carbocycles. The lowest BCUT2D eigenvalue weighted by atomic mass is 9.90. The number of rotatable bonds is 4. The van der Waals surface area contributed by atoms with E-state index in [4.69, 9.17) is 0 Å². The van der Waals surface area contributed by atoms with E-state index in [1.54, 1.807) is 5.57 Å². The predicted octanol–water partition coefficient (Wildman–Crippen LogP) is 6.38. The minimum Gasteiger partial charge on any atom is -0.0726 e. The van der Waals surface area contributed by atoms with Gasteiger partial charge < -0.3 is 0 Å². The summed E-state index contributed by atoms with van der Waals surface area (Å²) in [5.41, 5.74) is 8.74. The molecule has 0 spiro atoms. The van der Waals surface area contributed by atoms with Gasteiger partial charge >= 0.3 is 0 Å². The Morgan fingerprint density at radius 1 is 0.913 bits per heavy atom. The molecule has 2 aromatic carbocycles. The van der Waals surface area contributed by atoms with Gasteiger partial charge in [-0.3, -0.25) is 0 Å². The van der Waals surface area contributed by atoms with Crippen molar-refractivity contribution in [1.82, 2.24) is 0 Å². The normalized spacial score (nSPS) is 19.2. The number of fused-ring (bicyclic) bond motifs is 1. The zero-order valence-electron chi connectivity index (χ0n) is 13.6. The van der Waals surface area contributed by atoms with E-state index in [1.165, 1.54) is 40.7 Å². The molecule has 0 amide bonds. The Balaban J connectivity index is 1.44. The molecule has 4 rings (SSSR count). The maximum atomic E-state index is 2.40. The molecule has 0 fully saturated rings. The van der Waals surface area contributed by atoms with Crippen molar-refractivity contribution >= 4 is 11.6 Å². The summed E-state index contributed by atoms with van der Waals surface area (Å²) in [7, 11) is 0. The first kappa shape index (κ1) is 14.3. The zero-order chi connectivity index (χ0) is 15.6. The molecule has 0 nitrogen and oxygen atoms in total. The molecule has 1 atom stereocenters. The van der Waals surface area contributed by atoms with Gasteiger partial charge in [-0.25, -0.2) is 0 Å². The molecule has 0 aromatic heterocycles. The van der Waals surface area contributed by atoms with E-state index in [0.717, 1.165) is 6.42 Å². The van der Waals surface area contributed by atoms with Gasteiger partial charge in [-0.1, -0.05) is 84.0 Å². The lowest BCUT2D eigenvalue weighted by molar-refractivity contribution is 0.705. The van der Waals surface area contributed by atoms with Crippen molar-refractivity contribution in [2.24, 2.45) is 0 Å². The molecule has 0 bridgehead atoms. The Morgan fingerprint density at radius 3 is 2.57 bits per heavy atom. The number of hydrogen-bond donors (Lipinski definition) is 0. The highest BCUT2D eigenvalue weighted by Gasteiger charge is 2.22. The van der Waals surface area contributed by atoms with Crippen LogP contribution in [-0.2, 0) is 0 Å². The molecule has 0 radical (unpaired) electrons. The molecule has 23 heavy (non-hydrogen) atoms. The molecule has 2 aliphatic rings. The van der Waals surface area contributed by atoms with Gasteiger partial charge in [0, 0.05) is 5.92 Å². The Bertz CT molecular complexity index is 803. The SMILES string of the molecule is CC1=Cc2ccccc2C1CCC1=CC(c2ccccc2)=CC1. The highest BCUT2D eigenvalue weighted by molar-refractivity contribution is 5.77. The maximum Gasteiger partial charge on any atom is 0.00577 e. The van der Waals surface area contributed by atoms with Crippen LogP contribution in [-0.4, -0.2) is 0 Å². The molecule has 0 heteroatoms. The summed E-state index contributed by atoms with van der Waals surface area (Å²) in [6, 6.07) is 19.6. The average Bonchev–Trinajstić information content (AvgIpc) is 3.18. The van der Waals surface area contributed by atoms with Gasteiger partial charge in [-0.2, -0.15) is 0 Å². The van der Waals surface area contributed by atoms with Crippen LogP contribution in [0.1, 0.15) is 48.8 Å². The van der Waals surface area contributed by atoms with Crippen molar-refractivity contribution in [1.29, 1.82) is 0 Å². The summed E-state index contributed by atoms with van der Waals surface area (Å²) in [4.78, 5) is 0. The molecule has 0 heterocycles. The van der Waals surface area contributed by atoms with Crippen molar-refractivity contribution in [3.05, 3.63) is 94.6 Å². The van der Waals surface area contributed by atoms with Crippen molar-refractivity contribution in [2.75, 3.05) is 0 Å². The summed E-state index contributed by atoms with van der Waals surface area (Å²) in [6.07, 6.45) is 10.7. The number of allylic oxidation sites excluding steroid dienone is 5. The first-order valence-electron chi connectivity index (χ1n) is 8.53. The van der Waals surface area contributed by atoms with Gasteiger partial charge in [0.2, 0.25) is 0 Å². The summed E-state index contributed by atoms with van der Waals surface area (Å²) < 4.78 is 0. The Kier molecular flexibility index (Phi) is 3.75. The number of benzene rings is 2. The van der Waals surface area contributed by atoms with Gasteiger partial charge in [0.05, 0.1) is 0 Å². The quantitative estimate of drug-likeness (QED) is 0.614. The van der Waals surface area contributed by atoms with Crippen molar-refractivity contribution in [3.63, 3.8) is 0 Å². The number of hydrogen-bond acceptors (Lipinski definition) is 0. The third-order valence-electron chi connectivity index (χ3n) is 5.11. The van der Waals surface area contributed by atoms with Crippen LogP contribution in [0.5, 0.6) is 0 Å².